The van der Waals surface area contributed by atoms with Gasteiger partial charge in [0.1, 0.15) is 6.54 Å². The van der Waals surface area contributed by atoms with E-state index in [9.17, 15) is 13.2 Å². The van der Waals surface area contributed by atoms with E-state index >= 15 is 0 Å². The molecule has 0 atom stereocenters. The molecule has 0 aliphatic rings. The molecule has 1 aromatic rings. The Morgan fingerprint density at radius 3 is 2.44 bits per heavy atom. The smallest absolute Gasteiger partial charge is 0.406 e. The molecule has 0 spiro atoms. The summed E-state index contributed by atoms with van der Waals surface area (Å²) in [5.74, 6) is -0.321. The maximum atomic E-state index is 12.4. The molecule has 0 saturated carbocycles. The highest BCUT2D eigenvalue weighted by atomic mass is 19.4. The third-order valence-corrected chi connectivity index (χ3v) is 1.95. The van der Waals surface area contributed by atoms with E-state index < -0.39 is 12.7 Å². The van der Waals surface area contributed by atoms with Crippen LogP contribution in [0.2, 0.25) is 0 Å². The van der Waals surface area contributed by atoms with Crippen molar-refractivity contribution in [3.63, 3.8) is 0 Å². The molecule has 0 saturated heterocycles. The van der Waals surface area contributed by atoms with Gasteiger partial charge in [-0.15, -0.1) is 0 Å². The van der Waals surface area contributed by atoms with Gasteiger partial charge in [0.2, 0.25) is 11.9 Å². The zero-order chi connectivity index (χ0) is 13.8. The molecule has 18 heavy (non-hydrogen) atoms. The molecule has 6 nitrogen and oxygen atoms in total. The van der Waals surface area contributed by atoms with Crippen molar-refractivity contribution in [2.24, 2.45) is 0 Å². The minimum Gasteiger partial charge on any atom is -0.467 e. The van der Waals surface area contributed by atoms with E-state index in [1.807, 2.05) is 0 Å². The SMILES string of the molecule is CCCN(CC(F)(F)F)c1nc(N)nc(OC)n1. The summed E-state index contributed by atoms with van der Waals surface area (Å²) in [6, 6.07) is -0.110. The number of nitrogen functional groups attached to an aromatic ring is 1. The Kier molecular flexibility index (Phi) is 4.51. The zero-order valence-electron chi connectivity index (χ0n) is 10.0. The number of ether oxygens (including phenoxy) is 1. The molecule has 0 amide bonds. The number of halogens is 3. The highest BCUT2D eigenvalue weighted by Gasteiger charge is 2.32. The van der Waals surface area contributed by atoms with Crippen LogP contribution in [0.1, 0.15) is 13.3 Å². The van der Waals surface area contributed by atoms with Gasteiger partial charge in [-0.05, 0) is 6.42 Å². The second-order valence-corrected chi connectivity index (χ2v) is 3.52. The van der Waals surface area contributed by atoms with Crippen LogP contribution in [0.4, 0.5) is 25.1 Å². The van der Waals surface area contributed by atoms with Crippen molar-refractivity contribution in [3.8, 4) is 6.01 Å². The first-order valence-corrected chi connectivity index (χ1v) is 5.23. The normalized spacial score (nSPS) is 11.4. The predicted molar refractivity (Wildman–Crippen MR) is 59.4 cm³/mol. The van der Waals surface area contributed by atoms with Gasteiger partial charge in [-0.1, -0.05) is 6.92 Å². The van der Waals surface area contributed by atoms with Crippen molar-refractivity contribution in [2.45, 2.75) is 19.5 Å². The lowest BCUT2D eigenvalue weighted by molar-refractivity contribution is -0.119. The maximum absolute atomic E-state index is 12.4. The largest absolute Gasteiger partial charge is 0.467 e. The van der Waals surface area contributed by atoms with Crippen LogP contribution >= 0.6 is 0 Å². The highest BCUT2D eigenvalue weighted by Crippen LogP contribution is 2.21. The van der Waals surface area contributed by atoms with Crippen molar-refractivity contribution in [3.05, 3.63) is 0 Å². The van der Waals surface area contributed by atoms with E-state index in [1.165, 1.54) is 7.11 Å². The summed E-state index contributed by atoms with van der Waals surface area (Å²) in [4.78, 5) is 12.0. The lowest BCUT2D eigenvalue weighted by atomic mass is 10.4. The topological polar surface area (TPSA) is 77.2 Å². The number of hydrogen-bond acceptors (Lipinski definition) is 6. The van der Waals surface area contributed by atoms with Gasteiger partial charge in [-0.3, -0.25) is 0 Å². The van der Waals surface area contributed by atoms with Crippen LogP contribution in [0.25, 0.3) is 0 Å². The molecule has 1 rings (SSSR count). The first kappa shape index (κ1) is 14.3. The van der Waals surface area contributed by atoms with Gasteiger partial charge in [0.05, 0.1) is 7.11 Å². The van der Waals surface area contributed by atoms with Gasteiger partial charge in [-0.25, -0.2) is 0 Å². The van der Waals surface area contributed by atoms with Crippen LogP contribution in [0, 0.1) is 0 Å². The Balaban J connectivity index is 3.01. The van der Waals surface area contributed by atoms with Crippen LogP contribution < -0.4 is 15.4 Å². The fraction of sp³-hybridized carbons (Fsp3) is 0.667. The summed E-state index contributed by atoms with van der Waals surface area (Å²) >= 11 is 0. The zero-order valence-corrected chi connectivity index (χ0v) is 10.0. The van der Waals surface area contributed by atoms with Crippen LogP contribution in [0.5, 0.6) is 6.01 Å². The van der Waals surface area contributed by atoms with E-state index in [0.29, 0.717) is 6.42 Å². The summed E-state index contributed by atoms with van der Waals surface area (Å²) in [6.07, 6.45) is -3.83. The van der Waals surface area contributed by atoms with Crippen LogP contribution in [-0.2, 0) is 0 Å². The maximum Gasteiger partial charge on any atom is 0.406 e. The summed E-state index contributed by atoms with van der Waals surface area (Å²) in [5, 5.41) is 0. The summed E-state index contributed by atoms with van der Waals surface area (Å²) in [7, 11) is 1.30. The lowest BCUT2D eigenvalue weighted by Gasteiger charge is -2.23. The second kappa shape index (κ2) is 5.69. The third kappa shape index (κ3) is 4.22. The van der Waals surface area contributed by atoms with E-state index in [2.05, 4.69) is 15.0 Å². The highest BCUT2D eigenvalue weighted by molar-refractivity contribution is 5.36. The summed E-state index contributed by atoms with van der Waals surface area (Å²) in [5.41, 5.74) is 5.38. The number of aromatic nitrogens is 3. The average molecular weight is 265 g/mol. The number of methoxy groups -OCH3 is 1. The summed E-state index contributed by atoms with van der Waals surface area (Å²) in [6.45, 7) is 0.769. The number of nitrogens with zero attached hydrogens (tertiary/aromatic N) is 4. The Labute approximate surface area is 102 Å². The third-order valence-electron chi connectivity index (χ3n) is 1.95. The molecule has 0 bridgehead atoms. The standard InChI is InChI=1S/C9H14F3N5O/c1-3-4-17(5-9(10,11)12)7-14-6(13)15-8(16-7)18-2/h3-5H2,1-2H3,(H2,13,14,15,16). The molecule has 0 unspecified atom stereocenters. The molecule has 1 aromatic heterocycles. The number of nitrogens with two attached hydrogens (primary N) is 1. The average Bonchev–Trinajstić information content (AvgIpc) is 2.26. The fourth-order valence-electron chi connectivity index (χ4n) is 1.33. The van der Waals surface area contributed by atoms with E-state index in [1.54, 1.807) is 6.92 Å². The minimum atomic E-state index is -4.34. The summed E-state index contributed by atoms with van der Waals surface area (Å²) < 4.78 is 42.0. The van der Waals surface area contributed by atoms with Crippen molar-refractivity contribution < 1.29 is 17.9 Å². The molecule has 0 aliphatic heterocycles. The Morgan fingerprint density at radius 1 is 1.28 bits per heavy atom. The second-order valence-electron chi connectivity index (χ2n) is 3.52. The van der Waals surface area contributed by atoms with Crippen molar-refractivity contribution in [2.75, 3.05) is 30.8 Å². The Morgan fingerprint density at radius 2 is 1.94 bits per heavy atom. The Hall–Kier alpha value is -1.80. The number of rotatable bonds is 5. The first-order valence-electron chi connectivity index (χ1n) is 5.23. The molecular weight excluding hydrogens is 251 g/mol. The van der Waals surface area contributed by atoms with Crippen LogP contribution in [-0.4, -0.2) is 41.3 Å². The monoisotopic (exact) mass is 265 g/mol. The van der Waals surface area contributed by atoms with E-state index in [-0.39, 0.29) is 24.5 Å². The molecule has 0 radical (unpaired) electrons. The van der Waals surface area contributed by atoms with Gasteiger partial charge < -0.3 is 15.4 Å². The number of hydrogen-bond donors (Lipinski definition) is 1. The molecule has 0 aliphatic carbocycles. The van der Waals surface area contributed by atoms with Gasteiger partial charge >= 0.3 is 12.2 Å². The molecule has 0 fully saturated rings. The van der Waals surface area contributed by atoms with Gasteiger partial charge in [0.15, 0.2) is 0 Å². The number of alkyl halides is 3. The molecule has 2 N–H and O–H groups in total. The molecule has 1 heterocycles. The first-order chi connectivity index (χ1) is 8.35. The Bertz CT molecular complexity index is 398. The van der Waals surface area contributed by atoms with Gasteiger partial charge in [0.25, 0.3) is 0 Å². The molecular formula is C9H14F3N5O. The number of anilines is 2. The predicted octanol–water partition coefficient (Wildman–Crippen LogP) is 1.24. The minimum absolute atomic E-state index is 0.110. The lowest BCUT2D eigenvalue weighted by Crippen LogP contribution is -2.36. The van der Waals surface area contributed by atoms with Crippen molar-refractivity contribution in [1.82, 2.24) is 15.0 Å². The van der Waals surface area contributed by atoms with Gasteiger partial charge in [0, 0.05) is 6.54 Å². The van der Waals surface area contributed by atoms with Crippen LogP contribution in [0.15, 0.2) is 0 Å². The van der Waals surface area contributed by atoms with Crippen molar-refractivity contribution in [1.29, 1.82) is 0 Å². The van der Waals surface area contributed by atoms with Crippen LogP contribution in [0.3, 0.4) is 0 Å². The fourth-order valence-corrected chi connectivity index (χ4v) is 1.33. The van der Waals surface area contributed by atoms with E-state index in [4.69, 9.17) is 10.5 Å². The van der Waals surface area contributed by atoms with E-state index in [0.717, 1.165) is 4.90 Å². The quantitative estimate of drug-likeness (QED) is 0.863. The molecule has 9 heteroatoms. The molecule has 0 aromatic carbocycles. The van der Waals surface area contributed by atoms with Gasteiger partial charge in [-0.2, -0.15) is 28.1 Å². The van der Waals surface area contributed by atoms with Crippen molar-refractivity contribution >= 4 is 11.9 Å². The molecule has 102 valence electrons.